The Bertz CT molecular complexity index is 999. The third-order valence-corrected chi connectivity index (χ3v) is 6.15. The fourth-order valence-corrected chi connectivity index (χ4v) is 4.44. The van der Waals surface area contributed by atoms with Crippen LogP contribution in [0.25, 0.3) is 0 Å². The summed E-state index contributed by atoms with van der Waals surface area (Å²) in [6.45, 7) is -0.194. The second-order valence-electron chi connectivity index (χ2n) is 6.04. The predicted molar refractivity (Wildman–Crippen MR) is 108 cm³/mol. The third kappa shape index (κ3) is 3.80. The maximum absolute atomic E-state index is 12.8. The van der Waals surface area contributed by atoms with E-state index < -0.39 is 4.92 Å². The van der Waals surface area contributed by atoms with Gasteiger partial charge in [0.15, 0.2) is 6.61 Å². The number of ether oxygens (including phenoxy) is 1. The van der Waals surface area contributed by atoms with E-state index in [4.69, 9.17) is 4.74 Å². The first-order valence-corrected chi connectivity index (χ1v) is 10.2. The molecule has 28 heavy (non-hydrogen) atoms. The van der Waals surface area contributed by atoms with Gasteiger partial charge in [-0.3, -0.25) is 14.9 Å². The lowest BCUT2D eigenvalue weighted by Gasteiger charge is -2.20. The van der Waals surface area contributed by atoms with Crippen molar-refractivity contribution in [1.82, 2.24) is 5.01 Å². The standard InChI is InChI=1S/C19H15N3O4S2/c23-19(12-26-14-7-5-13(6-8-14)22(24)25)21-16(18-4-2-10-28-18)11-15(20-21)17-3-1-9-27-17/h1-10,16H,11-12H2/t16-/m0/s1. The molecule has 0 bridgehead atoms. The van der Waals surface area contributed by atoms with Crippen molar-refractivity contribution in [3.63, 3.8) is 0 Å². The number of nitrogens with zero attached hydrogens (tertiary/aromatic N) is 3. The maximum Gasteiger partial charge on any atom is 0.281 e. The van der Waals surface area contributed by atoms with E-state index in [1.807, 2.05) is 35.0 Å². The number of non-ortho nitro benzene ring substituents is 1. The molecule has 3 heterocycles. The van der Waals surface area contributed by atoms with Crippen LogP contribution in [0.15, 0.2) is 64.4 Å². The van der Waals surface area contributed by atoms with Crippen LogP contribution < -0.4 is 4.74 Å². The number of benzene rings is 1. The van der Waals surface area contributed by atoms with Crippen LogP contribution in [0.2, 0.25) is 0 Å². The molecular weight excluding hydrogens is 398 g/mol. The van der Waals surface area contributed by atoms with E-state index in [0.29, 0.717) is 12.2 Å². The molecule has 0 spiro atoms. The molecule has 0 aliphatic carbocycles. The van der Waals surface area contributed by atoms with Crippen LogP contribution in [0, 0.1) is 10.1 Å². The molecule has 142 valence electrons. The molecule has 2 aromatic heterocycles. The van der Waals surface area contributed by atoms with Crippen molar-refractivity contribution < 1.29 is 14.5 Å². The van der Waals surface area contributed by atoms with Gasteiger partial charge in [-0.05, 0) is 35.0 Å². The van der Waals surface area contributed by atoms with E-state index in [1.54, 1.807) is 22.7 Å². The zero-order chi connectivity index (χ0) is 19.5. The van der Waals surface area contributed by atoms with Gasteiger partial charge in [-0.15, -0.1) is 22.7 Å². The van der Waals surface area contributed by atoms with Gasteiger partial charge in [0.2, 0.25) is 0 Å². The summed E-state index contributed by atoms with van der Waals surface area (Å²) in [4.78, 5) is 25.2. The van der Waals surface area contributed by atoms with Crippen LogP contribution in [0.5, 0.6) is 5.75 Å². The lowest BCUT2D eigenvalue weighted by Crippen LogP contribution is -2.31. The van der Waals surface area contributed by atoms with Crippen LogP contribution in [-0.4, -0.2) is 28.2 Å². The molecule has 1 aliphatic heterocycles. The first kappa shape index (κ1) is 18.3. The summed E-state index contributed by atoms with van der Waals surface area (Å²) in [5.41, 5.74) is 0.859. The topological polar surface area (TPSA) is 85.0 Å². The van der Waals surface area contributed by atoms with Crippen molar-refractivity contribution in [2.75, 3.05) is 6.61 Å². The summed E-state index contributed by atoms with van der Waals surface area (Å²) in [6, 6.07) is 13.4. The molecule has 1 atom stereocenters. The van der Waals surface area contributed by atoms with Gasteiger partial charge < -0.3 is 4.74 Å². The number of thiophene rings is 2. The highest BCUT2D eigenvalue weighted by atomic mass is 32.1. The Kier molecular flexibility index (Phi) is 5.18. The van der Waals surface area contributed by atoms with E-state index in [1.165, 1.54) is 29.3 Å². The van der Waals surface area contributed by atoms with E-state index in [9.17, 15) is 14.9 Å². The van der Waals surface area contributed by atoms with E-state index in [-0.39, 0.29) is 24.2 Å². The highest BCUT2D eigenvalue weighted by Crippen LogP contribution is 2.36. The Labute approximate surface area is 168 Å². The van der Waals surface area contributed by atoms with Gasteiger partial charge in [0.25, 0.3) is 11.6 Å². The molecule has 0 saturated carbocycles. The molecule has 0 N–H and O–H groups in total. The minimum absolute atomic E-state index is 0.0267. The predicted octanol–water partition coefficient (Wildman–Crippen LogP) is 4.47. The van der Waals surface area contributed by atoms with Gasteiger partial charge in [-0.1, -0.05) is 12.1 Å². The van der Waals surface area contributed by atoms with Crippen LogP contribution >= 0.6 is 22.7 Å². The molecule has 0 saturated heterocycles. The van der Waals surface area contributed by atoms with Crippen molar-refractivity contribution in [3.8, 4) is 5.75 Å². The van der Waals surface area contributed by atoms with E-state index in [2.05, 4.69) is 5.10 Å². The van der Waals surface area contributed by atoms with E-state index in [0.717, 1.165) is 15.5 Å². The summed E-state index contributed by atoms with van der Waals surface area (Å²) in [5, 5.41) is 20.7. The molecule has 4 rings (SSSR count). The molecule has 0 unspecified atom stereocenters. The SMILES string of the molecule is O=C(COc1ccc([N+](=O)[O-])cc1)N1N=C(c2cccs2)C[C@H]1c1cccs1. The smallest absolute Gasteiger partial charge is 0.281 e. The van der Waals surface area contributed by atoms with E-state index >= 15 is 0 Å². The average Bonchev–Trinajstić information content (AvgIpc) is 3.46. The van der Waals surface area contributed by atoms with Gasteiger partial charge in [0, 0.05) is 23.4 Å². The number of hydrazone groups is 1. The molecular formula is C19H15N3O4S2. The Morgan fingerprint density at radius 3 is 2.57 bits per heavy atom. The molecule has 1 aliphatic rings. The summed E-state index contributed by atoms with van der Waals surface area (Å²) < 4.78 is 5.53. The van der Waals surface area contributed by atoms with Gasteiger partial charge in [0.05, 0.1) is 21.6 Å². The lowest BCUT2D eigenvalue weighted by atomic mass is 10.1. The summed E-state index contributed by atoms with van der Waals surface area (Å²) in [6.07, 6.45) is 0.657. The summed E-state index contributed by atoms with van der Waals surface area (Å²) >= 11 is 3.19. The summed E-state index contributed by atoms with van der Waals surface area (Å²) in [7, 11) is 0. The first-order chi connectivity index (χ1) is 13.6. The first-order valence-electron chi connectivity index (χ1n) is 8.46. The number of nitro benzene ring substituents is 1. The van der Waals surface area contributed by atoms with Gasteiger partial charge in [-0.25, -0.2) is 5.01 Å². The second kappa shape index (κ2) is 7.91. The quantitative estimate of drug-likeness (QED) is 0.441. The number of rotatable bonds is 6. The molecule has 0 radical (unpaired) electrons. The Balaban J connectivity index is 1.49. The fourth-order valence-electron chi connectivity index (χ4n) is 2.91. The molecule has 3 aromatic rings. The van der Waals surface area contributed by atoms with Crippen molar-refractivity contribution in [3.05, 3.63) is 79.2 Å². The highest BCUT2D eigenvalue weighted by molar-refractivity contribution is 7.12. The number of hydrogen-bond donors (Lipinski definition) is 0. The number of carbonyl (C=O) groups is 1. The van der Waals surface area contributed by atoms with Gasteiger partial charge in [0.1, 0.15) is 5.75 Å². The Morgan fingerprint density at radius 1 is 1.18 bits per heavy atom. The molecule has 0 fully saturated rings. The van der Waals surface area contributed by atoms with Crippen molar-refractivity contribution in [1.29, 1.82) is 0 Å². The monoisotopic (exact) mass is 413 g/mol. The highest BCUT2D eigenvalue weighted by Gasteiger charge is 2.34. The van der Waals surface area contributed by atoms with Crippen molar-refractivity contribution in [2.45, 2.75) is 12.5 Å². The van der Waals surface area contributed by atoms with Crippen LogP contribution in [0.4, 0.5) is 5.69 Å². The van der Waals surface area contributed by atoms with Gasteiger partial charge >= 0.3 is 0 Å². The third-order valence-electron chi connectivity index (χ3n) is 4.25. The van der Waals surface area contributed by atoms with Crippen LogP contribution in [0.3, 0.4) is 0 Å². The number of nitro groups is 1. The Hall–Kier alpha value is -3.04. The second-order valence-corrected chi connectivity index (χ2v) is 7.96. The van der Waals surface area contributed by atoms with Gasteiger partial charge in [-0.2, -0.15) is 5.10 Å². The number of amides is 1. The maximum atomic E-state index is 12.8. The van der Waals surface area contributed by atoms with Crippen molar-refractivity contribution in [2.24, 2.45) is 5.10 Å². The normalized spacial score (nSPS) is 16.1. The molecule has 7 nitrogen and oxygen atoms in total. The Morgan fingerprint density at radius 2 is 1.93 bits per heavy atom. The summed E-state index contributed by atoms with van der Waals surface area (Å²) in [5.74, 6) is 0.136. The lowest BCUT2D eigenvalue weighted by molar-refractivity contribution is -0.384. The van der Waals surface area contributed by atoms with Crippen LogP contribution in [-0.2, 0) is 4.79 Å². The minimum atomic E-state index is -0.481. The van der Waals surface area contributed by atoms with Crippen molar-refractivity contribution >= 4 is 40.0 Å². The largest absolute Gasteiger partial charge is 0.484 e. The zero-order valence-electron chi connectivity index (χ0n) is 14.6. The number of hydrogen-bond acceptors (Lipinski definition) is 7. The number of carbonyl (C=O) groups excluding carboxylic acids is 1. The molecule has 9 heteroatoms. The minimum Gasteiger partial charge on any atom is -0.484 e. The molecule has 1 aromatic carbocycles. The van der Waals surface area contributed by atoms with Crippen LogP contribution in [0.1, 0.15) is 22.2 Å². The molecule has 1 amide bonds. The fraction of sp³-hybridized carbons (Fsp3) is 0.158. The zero-order valence-corrected chi connectivity index (χ0v) is 16.2. The average molecular weight is 413 g/mol.